The molecule has 0 amide bonds. The SMILES string of the molecule is CN(C)S(=O)(=O)c1ccc(NCc2cnsc2)nc1. The number of hydrogen-bond donors (Lipinski definition) is 1. The van der Waals surface area contributed by atoms with E-state index in [1.807, 2.05) is 5.38 Å². The maximum atomic E-state index is 11.8. The molecular weight excluding hydrogens is 284 g/mol. The van der Waals surface area contributed by atoms with Gasteiger partial charge in [0.2, 0.25) is 10.0 Å². The zero-order valence-electron chi connectivity index (χ0n) is 10.6. The third kappa shape index (κ3) is 3.28. The van der Waals surface area contributed by atoms with Crippen molar-refractivity contribution in [3.05, 3.63) is 35.5 Å². The molecule has 102 valence electrons. The van der Waals surface area contributed by atoms with Crippen molar-refractivity contribution in [3.63, 3.8) is 0 Å². The first-order valence-corrected chi connectivity index (χ1v) is 7.78. The quantitative estimate of drug-likeness (QED) is 0.903. The third-order valence-electron chi connectivity index (χ3n) is 2.47. The van der Waals surface area contributed by atoms with Crippen molar-refractivity contribution in [2.75, 3.05) is 19.4 Å². The van der Waals surface area contributed by atoms with E-state index < -0.39 is 10.0 Å². The molecule has 19 heavy (non-hydrogen) atoms. The average molecular weight is 298 g/mol. The predicted molar refractivity (Wildman–Crippen MR) is 74.6 cm³/mol. The molecule has 0 spiro atoms. The fourth-order valence-electron chi connectivity index (χ4n) is 1.35. The summed E-state index contributed by atoms with van der Waals surface area (Å²) in [6.07, 6.45) is 3.13. The van der Waals surface area contributed by atoms with Gasteiger partial charge in [-0.25, -0.2) is 22.1 Å². The fourth-order valence-corrected chi connectivity index (χ4v) is 2.74. The molecule has 0 saturated heterocycles. The average Bonchev–Trinajstić information content (AvgIpc) is 2.90. The molecule has 6 nitrogen and oxygen atoms in total. The van der Waals surface area contributed by atoms with Crippen LogP contribution < -0.4 is 5.32 Å². The third-order valence-corrected chi connectivity index (χ3v) is 4.91. The van der Waals surface area contributed by atoms with Gasteiger partial charge in [-0.1, -0.05) is 0 Å². The van der Waals surface area contributed by atoms with Gasteiger partial charge in [-0.05, 0) is 23.7 Å². The number of rotatable bonds is 5. The van der Waals surface area contributed by atoms with Crippen LogP contribution in [-0.2, 0) is 16.6 Å². The topological polar surface area (TPSA) is 75.2 Å². The van der Waals surface area contributed by atoms with Gasteiger partial charge in [-0.3, -0.25) is 0 Å². The van der Waals surface area contributed by atoms with Crippen molar-refractivity contribution in [1.29, 1.82) is 0 Å². The zero-order valence-corrected chi connectivity index (χ0v) is 12.2. The Labute approximate surface area is 116 Å². The van der Waals surface area contributed by atoms with Crippen LogP contribution in [0.3, 0.4) is 0 Å². The van der Waals surface area contributed by atoms with Gasteiger partial charge in [0, 0.05) is 44.0 Å². The van der Waals surface area contributed by atoms with Crippen molar-refractivity contribution in [3.8, 4) is 0 Å². The standard InChI is InChI=1S/C11H14N4O2S2/c1-15(2)19(16,17)10-3-4-11(13-7-10)12-5-9-6-14-18-8-9/h3-4,6-8H,5H2,1-2H3,(H,12,13). The summed E-state index contributed by atoms with van der Waals surface area (Å²) in [5, 5.41) is 5.04. The molecule has 0 aromatic carbocycles. The Morgan fingerprint density at radius 1 is 1.32 bits per heavy atom. The number of anilines is 1. The van der Waals surface area contributed by atoms with Crippen LogP contribution in [0, 0.1) is 0 Å². The van der Waals surface area contributed by atoms with E-state index in [0.717, 1.165) is 9.87 Å². The highest BCUT2D eigenvalue weighted by molar-refractivity contribution is 7.89. The number of nitrogens with one attached hydrogen (secondary N) is 1. The van der Waals surface area contributed by atoms with E-state index >= 15 is 0 Å². The first kappa shape index (κ1) is 13.9. The lowest BCUT2D eigenvalue weighted by molar-refractivity contribution is 0.520. The Morgan fingerprint density at radius 2 is 2.11 bits per heavy atom. The van der Waals surface area contributed by atoms with Crippen LogP contribution in [0.1, 0.15) is 5.56 Å². The molecule has 0 saturated carbocycles. The van der Waals surface area contributed by atoms with Gasteiger partial charge in [0.15, 0.2) is 0 Å². The minimum absolute atomic E-state index is 0.181. The molecule has 0 radical (unpaired) electrons. The first-order valence-electron chi connectivity index (χ1n) is 5.51. The lowest BCUT2D eigenvalue weighted by atomic mass is 10.3. The largest absolute Gasteiger partial charge is 0.366 e. The molecule has 0 unspecified atom stereocenters. The minimum Gasteiger partial charge on any atom is -0.366 e. The zero-order chi connectivity index (χ0) is 13.9. The monoisotopic (exact) mass is 298 g/mol. The van der Waals surface area contributed by atoms with Crippen LogP contribution in [0.2, 0.25) is 0 Å². The number of nitrogens with zero attached hydrogens (tertiary/aromatic N) is 3. The van der Waals surface area contributed by atoms with Crippen LogP contribution in [0.25, 0.3) is 0 Å². The lowest BCUT2D eigenvalue weighted by Crippen LogP contribution is -2.22. The van der Waals surface area contributed by atoms with Gasteiger partial charge in [-0.2, -0.15) is 0 Å². The molecule has 8 heteroatoms. The highest BCUT2D eigenvalue weighted by atomic mass is 32.2. The molecule has 0 aliphatic heterocycles. The van der Waals surface area contributed by atoms with Crippen molar-refractivity contribution < 1.29 is 8.42 Å². The van der Waals surface area contributed by atoms with E-state index in [0.29, 0.717) is 12.4 Å². The summed E-state index contributed by atoms with van der Waals surface area (Å²) < 4.78 is 28.9. The second-order valence-electron chi connectivity index (χ2n) is 4.05. The van der Waals surface area contributed by atoms with Gasteiger partial charge in [0.25, 0.3) is 0 Å². The van der Waals surface area contributed by atoms with Crippen LogP contribution in [0.5, 0.6) is 0 Å². The lowest BCUT2D eigenvalue weighted by Gasteiger charge is -2.11. The Kier molecular flexibility index (Phi) is 4.13. The second kappa shape index (κ2) is 5.64. The van der Waals surface area contributed by atoms with Crippen molar-refractivity contribution in [2.45, 2.75) is 11.4 Å². The van der Waals surface area contributed by atoms with Gasteiger partial charge in [-0.15, -0.1) is 0 Å². The number of pyridine rings is 1. The van der Waals surface area contributed by atoms with E-state index in [-0.39, 0.29) is 4.90 Å². The molecule has 1 N–H and O–H groups in total. The predicted octanol–water partition coefficient (Wildman–Crippen LogP) is 1.40. The molecule has 2 aromatic heterocycles. The summed E-state index contributed by atoms with van der Waals surface area (Å²) in [6.45, 7) is 0.614. The molecule has 2 aromatic rings. The summed E-state index contributed by atoms with van der Waals surface area (Å²) >= 11 is 1.39. The van der Waals surface area contributed by atoms with Gasteiger partial charge in [0.1, 0.15) is 10.7 Å². The van der Waals surface area contributed by atoms with Crippen LogP contribution in [0.15, 0.2) is 34.8 Å². The molecule has 2 rings (SSSR count). The minimum atomic E-state index is -3.42. The maximum absolute atomic E-state index is 11.8. The summed E-state index contributed by atoms with van der Waals surface area (Å²) in [7, 11) is -0.435. The summed E-state index contributed by atoms with van der Waals surface area (Å²) in [5.41, 5.74) is 1.07. The molecule has 0 aliphatic carbocycles. The molecule has 0 atom stereocenters. The first-order chi connectivity index (χ1) is 9.00. The van der Waals surface area contributed by atoms with Gasteiger partial charge >= 0.3 is 0 Å². The highest BCUT2D eigenvalue weighted by Crippen LogP contribution is 2.14. The maximum Gasteiger partial charge on any atom is 0.244 e. The number of aromatic nitrogens is 2. The van der Waals surface area contributed by atoms with Crippen LogP contribution >= 0.6 is 11.5 Å². The molecule has 0 fully saturated rings. The van der Waals surface area contributed by atoms with E-state index in [9.17, 15) is 8.42 Å². The second-order valence-corrected chi connectivity index (χ2v) is 6.86. The molecule has 2 heterocycles. The van der Waals surface area contributed by atoms with E-state index in [1.54, 1.807) is 12.3 Å². The van der Waals surface area contributed by atoms with Crippen molar-refractivity contribution in [1.82, 2.24) is 13.7 Å². The van der Waals surface area contributed by atoms with Crippen molar-refractivity contribution >= 4 is 27.4 Å². The van der Waals surface area contributed by atoms with E-state index in [2.05, 4.69) is 14.7 Å². The van der Waals surface area contributed by atoms with E-state index in [4.69, 9.17) is 0 Å². The Hall–Kier alpha value is -1.51. The normalized spacial score (nSPS) is 11.7. The number of sulfonamides is 1. The van der Waals surface area contributed by atoms with Gasteiger partial charge in [0.05, 0.1) is 0 Å². The number of hydrogen-bond acceptors (Lipinski definition) is 6. The summed E-state index contributed by atoms with van der Waals surface area (Å²) in [6, 6.07) is 3.19. The van der Waals surface area contributed by atoms with E-state index in [1.165, 1.54) is 37.9 Å². The molecule has 0 aliphatic rings. The Morgan fingerprint density at radius 3 is 2.63 bits per heavy atom. The van der Waals surface area contributed by atoms with Crippen LogP contribution in [0.4, 0.5) is 5.82 Å². The summed E-state index contributed by atoms with van der Waals surface area (Å²) in [4.78, 5) is 4.27. The Bertz CT molecular complexity index is 621. The van der Waals surface area contributed by atoms with Gasteiger partial charge < -0.3 is 5.32 Å². The smallest absolute Gasteiger partial charge is 0.244 e. The highest BCUT2D eigenvalue weighted by Gasteiger charge is 2.17. The fraction of sp³-hybridized carbons (Fsp3) is 0.273. The molecular formula is C11H14N4O2S2. The summed E-state index contributed by atoms with van der Waals surface area (Å²) in [5.74, 6) is 0.629. The Balaban J connectivity index is 2.07. The van der Waals surface area contributed by atoms with Crippen LogP contribution in [-0.4, -0.2) is 36.2 Å². The van der Waals surface area contributed by atoms with Crippen molar-refractivity contribution in [2.24, 2.45) is 0 Å². The molecule has 0 bridgehead atoms.